The van der Waals surface area contributed by atoms with E-state index in [2.05, 4.69) is 4.74 Å². The molecule has 126 valence electrons. The van der Waals surface area contributed by atoms with Gasteiger partial charge in [0.05, 0.1) is 17.8 Å². The third kappa shape index (κ3) is 3.71. The van der Waals surface area contributed by atoms with Crippen LogP contribution in [0, 0.1) is 0 Å². The van der Waals surface area contributed by atoms with E-state index in [0.717, 1.165) is 0 Å². The fourth-order valence-corrected chi connectivity index (χ4v) is 2.23. The van der Waals surface area contributed by atoms with Crippen LogP contribution < -0.4 is 11.2 Å². The molecule has 1 amide bonds. The standard InChI is InChI=1S/C15H20BF2NO4/c1-14(2)15(3,4)23-16(22-14)10-6-5-9(8-21-13(17)18)11(7-10)12(19)20/h5-7,13H,8H2,1-4H3,(H2,19,20). The lowest BCUT2D eigenvalue weighted by Crippen LogP contribution is -2.41. The molecule has 0 spiro atoms. The molecule has 1 heterocycles. The number of carbonyl (C=O) groups is 1. The van der Waals surface area contributed by atoms with Crippen LogP contribution in [0.1, 0.15) is 43.6 Å². The maximum absolute atomic E-state index is 12.2. The van der Waals surface area contributed by atoms with Crippen molar-refractivity contribution < 1.29 is 27.6 Å². The average Bonchev–Trinajstić information content (AvgIpc) is 2.64. The molecular weight excluding hydrogens is 307 g/mol. The predicted molar refractivity (Wildman–Crippen MR) is 81.5 cm³/mol. The lowest BCUT2D eigenvalue weighted by Gasteiger charge is -2.32. The molecule has 1 aromatic rings. The Morgan fingerprint density at radius 1 is 1.26 bits per heavy atom. The van der Waals surface area contributed by atoms with Crippen molar-refractivity contribution in [2.24, 2.45) is 5.73 Å². The SMILES string of the molecule is CC1(C)OB(c2ccc(COC(F)F)c(C(N)=O)c2)OC1(C)C. The third-order valence-corrected chi connectivity index (χ3v) is 4.29. The molecule has 0 unspecified atom stereocenters. The third-order valence-electron chi connectivity index (χ3n) is 4.29. The Morgan fingerprint density at radius 3 is 2.30 bits per heavy atom. The van der Waals surface area contributed by atoms with Gasteiger partial charge < -0.3 is 19.8 Å². The Morgan fingerprint density at radius 2 is 1.83 bits per heavy atom. The van der Waals surface area contributed by atoms with E-state index in [0.29, 0.717) is 5.46 Å². The summed E-state index contributed by atoms with van der Waals surface area (Å²) in [4.78, 5) is 11.6. The minimum Gasteiger partial charge on any atom is -0.399 e. The fourth-order valence-electron chi connectivity index (χ4n) is 2.23. The minimum atomic E-state index is -2.92. The molecule has 1 aliphatic rings. The van der Waals surface area contributed by atoms with Crippen LogP contribution in [0.5, 0.6) is 0 Å². The first-order valence-electron chi connectivity index (χ1n) is 7.21. The molecule has 2 rings (SSSR count). The number of ether oxygens (including phenoxy) is 1. The highest BCUT2D eigenvalue weighted by molar-refractivity contribution is 6.62. The van der Waals surface area contributed by atoms with Crippen molar-refractivity contribution in [3.8, 4) is 0 Å². The molecule has 0 radical (unpaired) electrons. The number of benzene rings is 1. The van der Waals surface area contributed by atoms with Crippen molar-refractivity contribution in [1.82, 2.24) is 0 Å². The molecule has 0 aromatic heterocycles. The van der Waals surface area contributed by atoms with E-state index in [-0.39, 0.29) is 11.1 Å². The molecule has 8 heteroatoms. The first-order valence-corrected chi connectivity index (χ1v) is 7.21. The van der Waals surface area contributed by atoms with Crippen molar-refractivity contribution in [3.63, 3.8) is 0 Å². The summed E-state index contributed by atoms with van der Waals surface area (Å²) in [7, 11) is -0.664. The second-order valence-corrected chi connectivity index (χ2v) is 6.44. The Balaban J connectivity index is 2.28. The first-order chi connectivity index (χ1) is 10.5. The number of carbonyl (C=O) groups excluding carboxylic acids is 1. The van der Waals surface area contributed by atoms with E-state index >= 15 is 0 Å². The summed E-state index contributed by atoms with van der Waals surface area (Å²) < 4.78 is 40.4. The highest BCUT2D eigenvalue weighted by Gasteiger charge is 2.51. The average molecular weight is 327 g/mol. The Hall–Kier alpha value is -1.51. The summed E-state index contributed by atoms with van der Waals surface area (Å²) in [5.41, 5.74) is 5.27. The van der Waals surface area contributed by atoms with Crippen LogP contribution in [0.2, 0.25) is 0 Å². The van der Waals surface area contributed by atoms with Gasteiger partial charge in [0.1, 0.15) is 0 Å². The van der Waals surface area contributed by atoms with Gasteiger partial charge in [-0.3, -0.25) is 4.79 Å². The summed E-state index contributed by atoms with van der Waals surface area (Å²) in [5, 5.41) is 0. The quantitative estimate of drug-likeness (QED) is 0.838. The number of halogens is 2. The molecule has 0 atom stereocenters. The predicted octanol–water partition coefficient (Wildman–Crippen LogP) is 1.82. The molecule has 5 nitrogen and oxygen atoms in total. The highest BCUT2D eigenvalue weighted by Crippen LogP contribution is 2.36. The number of rotatable bonds is 5. The van der Waals surface area contributed by atoms with Gasteiger partial charge in [0.2, 0.25) is 5.91 Å². The van der Waals surface area contributed by atoms with E-state index in [1.165, 1.54) is 12.1 Å². The fraction of sp³-hybridized carbons (Fsp3) is 0.533. The monoisotopic (exact) mass is 327 g/mol. The summed E-state index contributed by atoms with van der Waals surface area (Å²) in [5.74, 6) is -0.726. The highest BCUT2D eigenvalue weighted by atomic mass is 19.3. The van der Waals surface area contributed by atoms with E-state index in [4.69, 9.17) is 15.0 Å². The smallest absolute Gasteiger partial charge is 0.399 e. The van der Waals surface area contributed by atoms with Crippen molar-refractivity contribution in [2.45, 2.75) is 52.1 Å². The zero-order valence-corrected chi connectivity index (χ0v) is 13.6. The van der Waals surface area contributed by atoms with Crippen molar-refractivity contribution in [3.05, 3.63) is 29.3 Å². The van der Waals surface area contributed by atoms with Gasteiger partial charge >= 0.3 is 13.7 Å². The summed E-state index contributed by atoms with van der Waals surface area (Å²) in [6.07, 6.45) is 0. The number of primary amides is 1. The Bertz CT molecular complexity index is 591. The lowest BCUT2D eigenvalue weighted by molar-refractivity contribution is -0.137. The summed E-state index contributed by atoms with van der Waals surface area (Å²) in [6.45, 7) is 4.32. The molecular formula is C15H20BF2NO4. The molecule has 1 fully saturated rings. The van der Waals surface area contributed by atoms with Crippen molar-refractivity contribution in [1.29, 1.82) is 0 Å². The van der Waals surface area contributed by atoms with Crippen LogP contribution in [-0.4, -0.2) is 30.8 Å². The zero-order chi connectivity index (χ0) is 17.4. The minimum absolute atomic E-state index is 0.109. The zero-order valence-electron chi connectivity index (χ0n) is 13.6. The largest absolute Gasteiger partial charge is 0.494 e. The number of hydrogen-bond acceptors (Lipinski definition) is 4. The van der Waals surface area contributed by atoms with Crippen LogP contribution in [0.3, 0.4) is 0 Å². The Labute approximate surface area is 134 Å². The van der Waals surface area contributed by atoms with Crippen molar-refractivity contribution in [2.75, 3.05) is 0 Å². The van der Waals surface area contributed by atoms with E-state index in [1.54, 1.807) is 6.07 Å². The van der Waals surface area contributed by atoms with Gasteiger partial charge in [-0.2, -0.15) is 8.78 Å². The van der Waals surface area contributed by atoms with Crippen LogP contribution in [0.25, 0.3) is 0 Å². The second-order valence-electron chi connectivity index (χ2n) is 6.44. The Kier molecular flexibility index (Phi) is 4.80. The maximum atomic E-state index is 12.2. The number of hydrogen-bond donors (Lipinski definition) is 1. The molecule has 1 aliphatic heterocycles. The molecule has 0 saturated carbocycles. The normalized spacial score (nSPS) is 19.3. The second kappa shape index (κ2) is 6.18. The van der Waals surface area contributed by atoms with E-state index in [9.17, 15) is 13.6 Å². The molecule has 2 N–H and O–H groups in total. The van der Waals surface area contributed by atoms with Gasteiger partial charge in [0.25, 0.3) is 0 Å². The molecule has 23 heavy (non-hydrogen) atoms. The summed E-state index contributed by atoms with van der Waals surface area (Å²) in [6, 6.07) is 4.66. The molecule has 0 bridgehead atoms. The van der Waals surface area contributed by atoms with Crippen LogP contribution in [0.15, 0.2) is 18.2 Å². The van der Waals surface area contributed by atoms with Gasteiger partial charge in [-0.25, -0.2) is 0 Å². The van der Waals surface area contributed by atoms with Gasteiger partial charge in [-0.15, -0.1) is 0 Å². The number of amides is 1. The van der Waals surface area contributed by atoms with Crippen LogP contribution >= 0.6 is 0 Å². The van der Waals surface area contributed by atoms with E-state index < -0.39 is 37.4 Å². The lowest BCUT2D eigenvalue weighted by atomic mass is 9.77. The van der Waals surface area contributed by atoms with Gasteiger partial charge in [0.15, 0.2) is 0 Å². The maximum Gasteiger partial charge on any atom is 0.494 e. The van der Waals surface area contributed by atoms with Gasteiger partial charge in [-0.1, -0.05) is 12.1 Å². The van der Waals surface area contributed by atoms with E-state index in [1.807, 2.05) is 27.7 Å². The number of alkyl halides is 2. The topological polar surface area (TPSA) is 70.8 Å². The molecule has 0 aliphatic carbocycles. The molecule has 1 saturated heterocycles. The van der Waals surface area contributed by atoms with Crippen LogP contribution in [0.4, 0.5) is 8.78 Å². The van der Waals surface area contributed by atoms with Crippen molar-refractivity contribution >= 4 is 18.5 Å². The van der Waals surface area contributed by atoms with Crippen LogP contribution in [-0.2, 0) is 20.7 Å². The van der Waals surface area contributed by atoms with Gasteiger partial charge in [0, 0.05) is 5.56 Å². The van der Waals surface area contributed by atoms with Gasteiger partial charge in [-0.05, 0) is 44.8 Å². The number of nitrogens with two attached hydrogens (primary N) is 1. The first kappa shape index (κ1) is 17.8. The summed E-state index contributed by atoms with van der Waals surface area (Å²) >= 11 is 0. The molecule has 1 aromatic carbocycles.